The lowest BCUT2D eigenvalue weighted by molar-refractivity contribution is 0.221. The number of ether oxygens (including phenoxy) is 1. The number of nitrogens with one attached hydrogen (secondary N) is 2. The van der Waals surface area contributed by atoms with E-state index in [-0.39, 0.29) is 18.1 Å². The van der Waals surface area contributed by atoms with E-state index in [1.807, 2.05) is 37.3 Å². The molecule has 7 heteroatoms. The summed E-state index contributed by atoms with van der Waals surface area (Å²) in [4.78, 5) is 13.3. The van der Waals surface area contributed by atoms with Crippen LogP contribution in [0.4, 0.5) is 4.79 Å². The Bertz CT molecular complexity index is 722. The highest BCUT2D eigenvalue weighted by atomic mass is 79.9. The van der Waals surface area contributed by atoms with Gasteiger partial charge in [-0.15, -0.1) is 11.3 Å². The number of benzene rings is 1. The van der Waals surface area contributed by atoms with Crippen LogP contribution in [-0.4, -0.2) is 12.6 Å². The van der Waals surface area contributed by atoms with Crippen molar-refractivity contribution in [2.24, 2.45) is 0 Å². The topological polar surface area (TPSA) is 50.4 Å². The Hall–Kier alpha value is -1.24. The summed E-state index contributed by atoms with van der Waals surface area (Å²) >= 11 is 10.9. The molecule has 2 amide bonds. The summed E-state index contributed by atoms with van der Waals surface area (Å²) in [5, 5.41) is 5.98. The smallest absolute Gasteiger partial charge is 0.315 e. The molecule has 0 bridgehead atoms. The van der Waals surface area contributed by atoms with E-state index in [0.717, 1.165) is 31.4 Å². The number of rotatable bonds is 3. The standard InChI is InChI=1S/C16H16BrClN2O2S/c1-9(14-4-5-15(18)23-14)19-16(21)20-12-6-7-22-13-3-2-10(17)8-11(12)13/h2-5,8-9,12H,6-7H2,1H3,(H2,19,20,21). The van der Waals surface area contributed by atoms with E-state index in [1.54, 1.807) is 0 Å². The number of fused-ring (bicyclic) bond motifs is 1. The molecule has 1 aliphatic rings. The Labute approximate surface area is 152 Å². The van der Waals surface area contributed by atoms with E-state index in [2.05, 4.69) is 26.6 Å². The molecule has 0 saturated carbocycles. The Balaban J connectivity index is 1.66. The molecule has 4 nitrogen and oxygen atoms in total. The number of halogens is 2. The average molecular weight is 416 g/mol. The van der Waals surface area contributed by atoms with Crippen molar-refractivity contribution in [2.45, 2.75) is 25.4 Å². The minimum Gasteiger partial charge on any atom is -0.493 e. The number of carbonyl (C=O) groups is 1. The van der Waals surface area contributed by atoms with Crippen LogP contribution in [0.1, 0.15) is 35.9 Å². The highest BCUT2D eigenvalue weighted by Gasteiger charge is 2.24. The molecule has 0 saturated heterocycles. The molecular weight excluding hydrogens is 400 g/mol. The Morgan fingerprint density at radius 3 is 3.00 bits per heavy atom. The van der Waals surface area contributed by atoms with Gasteiger partial charge in [0.25, 0.3) is 0 Å². The highest BCUT2D eigenvalue weighted by Crippen LogP contribution is 2.34. The number of carbonyl (C=O) groups excluding carboxylic acids is 1. The van der Waals surface area contributed by atoms with Crippen molar-refractivity contribution < 1.29 is 9.53 Å². The predicted octanol–water partition coefficient (Wildman–Crippen LogP) is 5.05. The first-order valence-electron chi connectivity index (χ1n) is 7.27. The molecule has 0 radical (unpaired) electrons. The van der Waals surface area contributed by atoms with Crippen molar-refractivity contribution in [3.8, 4) is 5.75 Å². The minimum atomic E-state index is -0.195. The maximum Gasteiger partial charge on any atom is 0.315 e. The van der Waals surface area contributed by atoms with E-state index in [9.17, 15) is 4.79 Å². The SMILES string of the molecule is CC(NC(=O)NC1CCOc2ccc(Br)cc21)c1ccc(Cl)s1. The molecule has 0 aliphatic carbocycles. The van der Waals surface area contributed by atoms with Gasteiger partial charge >= 0.3 is 6.03 Å². The van der Waals surface area contributed by atoms with Gasteiger partial charge in [0.1, 0.15) is 5.75 Å². The van der Waals surface area contributed by atoms with Crippen molar-refractivity contribution in [1.82, 2.24) is 10.6 Å². The molecule has 1 aromatic heterocycles. The maximum atomic E-state index is 12.3. The number of urea groups is 1. The van der Waals surface area contributed by atoms with Gasteiger partial charge in [-0.25, -0.2) is 4.79 Å². The van der Waals surface area contributed by atoms with Crippen molar-refractivity contribution in [1.29, 1.82) is 0 Å². The van der Waals surface area contributed by atoms with Crippen molar-refractivity contribution in [2.75, 3.05) is 6.61 Å². The van der Waals surface area contributed by atoms with Crippen molar-refractivity contribution >= 4 is 44.9 Å². The van der Waals surface area contributed by atoms with Crippen LogP contribution in [0.25, 0.3) is 0 Å². The zero-order valence-electron chi connectivity index (χ0n) is 12.4. The van der Waals surface area contributed by atoms with Crippen LogP contribution < -0.4 is 15.4 Å². The van der Waals surface area contributed by atoms with Crippen LogP contribution in [0.15, 0.2) is 34.8 Å². The number of hydrogen-bond acceptors (Lipinski definition) is 3. The first-order chi connectivity index (χ1) is 11.0. The highest BCUT2D eigenvalue weighted by molar-refractivity contribution is 9.10. The molecule has 0 spiro atoms. The van der Waals surface area contributed by atoms with Crippen molar-refractivity contribution in [3.63, 3.8) is 0 Å². The molecule has 1 aromatic carbocycles. The molecule has 3 rings (SSSR count). The third-order valence-corrected chi connectivity index (χ3v) is 5.59. The Morgan fingerprint density at radius 2 is 2.26 bits per heavy atom. The van der Waals surface area contributed by atoms with Gasteiger partial charge in [-0.05, 0) is 37.3 Å². The van der Waals surface area contributed by atoms with Gasteiger partial charge in [0.15, 0.2) is 0 Å². The monoisotopic (exact) mass is 414 g/mol. The zero-order valence-corrected chi connectivity index (χ0v) is 15.6. The second-order valence-electron chi connectivity index (χ2n) is 5.35. The summed E-state index contributed by atoms with van der Waals surface area (Å²) in [6, 6.07) is 9.26. The molecule has 2 atom stereocenters. The number of amides is 2. The molecule has 122 valence electrons. The normalized spacial score (nSPS) is 17.8. The largest absolute Gasteiger partial charge is 0.493 e. The second-order valence-corrected chi connectivity index (χ2v) is 8.02. The summed E-state index contributed by atoms with van der Waals surface area (Å²) in [6.45, 7) is 2.53. The van der Waals surface area contributed by atoms with Crippen LogP contribution in [0, 0.1) is 0 Å². The summed E-state index contributed by atoms with van der Waals surface area (Å²) in [7, 11) is 0. The summed E-state index contributed by atoms with van der Waals surface area (Å²) in [5.74, 6) is 0.822. The van der Waals surface area contributed by atoms with Gasteiger partial charge in [0.2, 0.25) is 0 Å². The van der Waals surface area contributed by atoms with Crippen LogP contribution in [0.2, 0.25) is 4.34 Å². The van der Waals surface area contributed by atoms with E-state index in [4.69, 9.17) is 16.3 Å². The van der Waals surface area contributed by atoms with Gasteiger partial charge < -0.3 is 15.4 Å². The summed E-state index contributed by atoms with van der Waals surface area (Å²) < 4.78 is 7.33. The van der Waals surface area contributed by atoms with Gasteiger partial charge in [0.05, 0.1) is 23.0 Å². The van der Waals surface area contributed by atoms with E-state index in [1.165, 1.54) is 11.3 Å². The van der Waals surface area contributed by atoms with Crippen LogP contribution in [0.5, 0.6) is 5.75 Å². The fourth-order valence-electron chi connectivity index (χ4n) is 2.54. The number of thiophene rings is 1. The van der Waals surface area contributed by atoms with Crippen LogP contribution in [-0.2, 0) is 0 Å². The van der Waals surface area contributed by atoms with Gasteiger partial charge in [-0.3, -0.25) is 0 Å². The maximum absolute atomic E-state index is 12.3. The molecule has 1 aliphatic heterocycles. The minimum absolute atomic E-state index is 0.0598. The molecule has 2 heterocycles. The summed E-state index contributed by atoms with van der Waals surface area (Å²) in [5.41, 5.74) is 0.993. The predicted molar refractivity (Wildman–Crippen MR) is 96.4 cm³/mol. The van der Waals surface area contributed by atoms with Crippen LogP contribution in [0.3, 0.4) is 0 Å². The molecule has 0 fully saturated rings. The molecule has 23 heavy (non-hydrogen) atoms. The third kappa shape index (κ3) is 4.00. The lowest BCUT2D eigenvalue weighted by Crippen LogP contribution is -2.40. The second kappa shape index (κ2) is 7.11. The Morgan fingerprint density at radius 1 is 1.43 bits per heavy atom. The van der Waals surface area contributed by atoms with E-state index < -0.39 is 0 Å². The fraction of sp³-hybridized carbons (Fsp3) is 0.312. The van der Waals surface area contributed by atoms with Crippen LogP contribution >= 0.6 is 38.9 Å². The molecule has 2 aromatic rings. The molecule has 2 unspecified atom stereocenters. The zero-order chi connectivity index (χ0) is 16.4. The van der Waals surface area contributed by atoms with E-state index in [0.29, 0.717) is 6.61 Å². The molecular formula is C16H16BrClN2O2S. The lowest BCUT2D eigenvalue weighted by Gasteiger charge is -2.27. The first kappa shape index (κ1) is 16.6. The molecule has 2 N–H and O–H groups in total. The van der Waals surface area contributed by atoms with Gasteiger partial charge in [-0.1, -0.05) is 27.5 Å². The quantitative estimate of drug-likeness (QED) is 0.737. The van der Waals surface area contributed by atoms with Crippen molar-refractivity contribution in [3.05, 3.63) is 49.6 Å². The first-order valence-corrected chi connectivity index (χ1v) is 9.26. The third-order valence-electron chi connectivity index (χ3n) is 3.69. The van der Waals surface area contributed by atoms with Gasteiger partial charge in [-0.2, -0.15) is 0 Å². The summed E-state index contributed by atoms with van der Waals surface area (Å²) in [6.07, 6.45) is 0.746. The average Bonchev–Trinajstić information content (AvgIpc) is 2.94. The van der Waals surface area contributed by atoms with Gasteiger partial charge in [0, 0.05) is 21.3 Å². The fourth-order valence-corrected chi connectivity index (χ4v) is 3.99. The van der Waals surface area contributed by atoms with E-state index >= 15 is 0 Å². The lowest BCUT2D eigenvalue weighted by atomic mass is 10.0. The number of hydrogen-bond donors (Lipinski definition) is 2. The Kier molecular flexibility index (Phi) is 5.14.